The van der Waals surface area contributed by atoms with Crippen LogP contribution in [0.1, 0.15) is 73.6 Å². The van der Waals surface area contributed by atoms with Crippen LogP contribution < -0.4 is 15.8 Å². The minimum absolute atomic E-state index is 0.0226. The van der Waals surface area contributed by atoms with Crippen molar-refractivity contribution < 1.29 is 74.2 Å². The van der Waals surface area contributed by atoms with Crippen molar-refractivity contribution in [1.29, 1.82) is 0 Å². The Bertz CT molecular complexity index is 2300. The molecule has 2 aliphatic heterocycles. The number of benzene rings is 3. The van der Waals surface area contributed by atoms with E-state index in [4.69, 9.17) is 24.7 Å². The van der Waals surface area contributed by atoms with Crippen molar-refractivity contribution in [2.24, 2.45) is 23.5 Å². The van der Waals surface area contributed by atoms with Crippen LogP contribution in [0.25, 0.3) is 12.2 Å². The zero-order chi connectivity index (χ0) is 48.6. The highest BCUT2D eigenvalue weighted by atomic mass is 16.6. The van der Waals surface area contributed by atoms with E-state index in [-0.39, 0.29) is 61.3 Å². The lowest BCUT2D eigenvalue weighted by molar-refractivity contribution is -0.356. The van der Waals surface area contributed by atoms with E-state index in [0.29, 0.717) is 31.2 Å². The van der Waals surface area contributed by atoms with Crippen molar-refractivity contribution in [2.75, 3.05) is 39.6 Å². The quantitative estimate of drug-likeness (QED) is 0.0542. The number of aliphatic carboxylic acids is 1. The molecule has 17 nitrogen and oxygen atoms in total. The van der Waals surface area contributed by atoms with Gasteiger partial charge < -0.3 is 70.9 Å². The molecule has 9 atom stereocenters. The smallest absolute Gasteiger partial charge is 0.336 e. The number of aliphatic hydroxyl groups is 4. The molecule has 68 heavy (non-hydrogen) atoms. The Balaban J connectivity index is 1.32. The molecule has 7 rings (SSSR count). The van der Waals surface area contributed by atoms with E-state index in [9.17, 15) is 50.4 Å². The molecular weight excluding hydrogens is 881 g/mol. The molecule has 4 aliphatic rings. The second-order valence-corrected chi connectivity index (χ2v) is 18.6. The predicted octanol–water partition coefficient (Wildman–Crippen LogP) is 3.16. The van der Waals surface area contributed by atoms with Gasteiger partial charge in [-0.1, -0.05) is 61.4 Å². The van der Waals surface area contributed by atoms with Gasteiger partial charge in [0.2, 0.25) is 0 Å². The highest BCUT2D eigenvalue weighted by Crippen LogP contribution is 2.60. The fourth-order valence-electron chi connectivity index (χ4n) is 11.0. The number of carboxylic acids is 1. The number of carbonyl (C=O) groups is 3. The van der Waals surface area contributed by atoms with Crippen molar-refractivity contribution in [3.63, 3.8) is 0 Å². The van der Waals surface area contributed by atoms with Gasteiger partial charge in [0.15, 0.2) is 40.2 Å². The molecule has 0 aromatic heterocycles. The van der Waals surface area contributed by atoms with Crippen molar-refractivity contribution in [2.45, 2.75) is 105 Å². The minimum atomic E-state index is -2.40. The maximum absolute atomic E-state index is 15.4. The van der Waals surface area contributed by atoms with Gasteiger partial charge in [0.05, 0.1) is 32.0 Å². The summed E-state index contributed by atoms with van der Waals surface area (Å²) < 4.78 is 25.9. The van der Waals surface area contributed by atoms with E-state index in [1.807, 2.05) is 30.3 Å². The molecule has 2 saturated carbocycles. The lowest BCUT2D eigenvalue weighted by Crippen LogP contribution is -2.83. The number of phenolic OH excluding ortho intramolecular Hbond substituents is 3. The summed E-state index contributed by atoms with van der Waals surface area (Å²) in [4.78, 5) is 43.0. The number of aromatic hydroxyl groups is 3. The lowest BCUT2D eigenvalue weighted by Gasteiger charge is -2.66. The number of phenols is 3. The zero-order valence-electron chi connectivity index (χ0n) is 38.0. The van der Waals surface area contributed by atoms with E-state index in [1.165, 1.54) is 42.5 Å². The molecule has 2 aliphatic carbocycles. The molecule has 0 spiro atoms. The van der Waals surface area contributed by atoms with Crippen LogP contribution in [-0.2, 0) is 41.6 Å². The van der Waals surface area contributed by atoms with Crippen LogP contribution in [0.15, 0.2) is 72.8 Å². The molecule has 0 radical (unpaired) electrons. The van der Waals surface area contributed by atoms with E-state index >= 15 is 4.79 Å². The number of carboxylic acid groups (broad SMARTS) is 1. The van der Waals surface area contributed by atoms with Gasteiger partial charge in [0.1, 0.15) is 30.5 Å². The second kappa shape index (κ2) is 22.0. The van der Waals surface area contributed by atoms with Crippen LogP contribution >= 0.6 is 0 Å². The van der Waals surface area contributed by atoms with Crippen LogP contribution in [0.5, 0.6) is 23.0 Å². The number of hydrogen-bond acceptors (Lipinski definition) is 16. The molecule has 2 heterocycles. The predicted molar refractivity (Wildman–Crippen MR) is 247 cm³/mol. The van der Waals surface area contributed by atoms with Gasteiger partial charge in [0, 0.05) is 37.5 Å². The van der Waals surface area contributed by atoms with Crippen molar-refractivity contribution in [3.8, 4) is 23.0 Å². The molecule has 9 unspecified atom stereocenters. The number of hydrogen-bond donors (Lipinski definition) is 10. The van der Waals surface area contributed by atoms with Gasteiger partial charge >= 0.3 is 5.97 Å². The van der Waals surface area contributed by atoms with Crippen LogP contribution in [0.4, 0.5) is 0 Å². The molecule has 3 aromatic carbocycles. The van der Waals surface area contributed by atoms with Gasteiger partial charge in [-0.25, -0.2) is 4.79 Å². The lowest BCUT2D eigenvalue weighted by atomic mass is 9.53. The molecule has 0 amide bonds. The van der Waals surface area contributed by atoms with Crippen LogP contribution in [-0.4, -0.2) is 139 Å². The van der Waals surface area contributed by atoms with E-state index in [1.54, 1.807) is 6.07 Å². The number of carbonyl (C=O) groups excluding carboxylic acids is 2. The fraction of sp³-hybridized carbons (Fsp3) is 0.510. The third-order valence-electron chi connectivity index (χ3n) is 14.4. The standard InChI is InChI=1S/C51H64N2O15/c52-18-19-65-43-16-13-32(20-41(43)60)12-15-38(57)30-67-50(48(63)64)25-42(61)47-51(45(28-56)53-37-8-4-5-9-37)44(50)23-36(27-55)49(68-51,24-33(29-66-47)11-10-31-6-2-1-3-7-31)46(62)17-14-34-21-39(58)40(59)22-35(34)26-54/h1-3,6-7,12-17,20-22,33,36-37,42,44-45,47,53-56,58-61H,4-5,8-11,18-19,23-30,52H2,(H,63,64). The van der Waals surface area contributed by atoms with Gasteiger partial charge in [-0.15, -0.1) is 0 Å². The largest absolute Gasteiger partial charge is 0.504 e. The first-order valence-electron chi connectivity index (χ1n) is 23.4. The number of aliphatic hydroxyl groups excluding tert-OH is 4. The number of rotatable bonds is 21. The first kappa shape index (κ1) is 50.7. The molecule has 17 heteroatoms. The zero-order valence-corrected chi connectivity index (χ0v) is 38.0. The molecule has 4 fully saturated rings. The van der Waals surface area contributed by atoms with E-state index in [2.05, 4.69) is 5.32 Å². The van der Waals surface area contributed by atoms with Crippen LogP contribution in [0.3, 0.4) is 0 Å². The topological polar surface area (TPSA) is 288 Å². The summed E-state index contributed by atoms with van der Waals surface area (Å²) in [6, 6.07) is 15.2. The Labute approximate surface area is 394 Å². The number of nitrogens with one attached hydrogen (secondary N) is 1. The maximum atomic E-state index is 15.4. The number of ether oxygens (including phenoxy) is 4. The van der Waals surface area contributed by atoms with E-state index < -0.39 is 115 Å². The summed E-state index contributed by atoms with van der Waals surface area (Å²) in [6.45, 7) is -2.28. The maximum Gasteiger partial charge on any atom is 0.336 e. The van der Waals surface area contributed by atoms with Crippen molar-refractivity contribution in [3.05, 3.63) is 95.1 Å². The highest BCUT2D eigenvalue weighted by Gasteiger charge is 2.75. The molecular formula is C51H64N2O15. The summed E-state index contributed by atoms with van der Waals surface area (Å²) in [6.07, 6.45) is 5.49. The molecule has 11 N–H and O–H groups in total. The highest BCUT2D eigenvalue weighted by molar-refractivity contribution is 6.01. The van der Waals surface area contributed by atoms with Gasteiger partial charge in [-0.2, -0.15) is 0 Å². The summed E-state index contributed by atoms with van der Waals surface area (Å²) in [5.74, 6) is -6.72. The summed E-state index contributed by atoms with van der Waals surface area (Å²) in [5.41, 5.74) is 0.934. The first-order chi connectivity index (χ1) is 32.7. The molecule has 368 valence electrons. The SMILES string of the molecule is NCCOc1ccc(C=CC(=O)COC2(C(=O)O)CC(O)C3OCC(CCc4ccccc4)CC4(C(=O)C=Cc5cc(O)c(O)cc5CO)OC3(C(CO)NC3CCCC3)C2CC4CO)cc1O. The fourth-order valence-corrected chi connectivity index (χ4v) is 11.0. The van der Waals surface area contributed by atoms with Crippen LogP contribution in [0.2, 0.25) is 0 Å². The number of ketones is 2. The first-order valence-corrected chi connectivity index (χ1v) is 23.4. The average molecular weight is 945 g/mol. The van der Waals surface area contributed by atoms with Crippen molar-refractivity contribution >= 4 is 29.7 Å². The number of aryl methyl sites for hydroxylation is 1. The average Bonchev–Trinajstić information content (AvgIpc) is 3.85. The Morgan fingerprint density at radius 3 is 2.35 bits per heavy atom. The monoisotopic (exact) mass is 944 g/mol. The minimum Gasteiger partial charge on any atom is -0.504 e. The van der Waals surface area contributed by atoms with Gasteiger partial charge in [0.25, 0.3) is 0 Å². The molecule has 3 aromatic rings. The van der Waals surface area contributed by atoms with Crippen LogP contribution in [0, 0.1) is 17.8 Å². The second-order valence-electron chi connectivity index (χ2n) is 18.6. The van der Waals surface area contributed by atoms with E-state index in [0.717, 1.165) is 24.5 Å². The Morgan fingerprint density at radius 1 is 0.926 bits per heavy atom. The Hall–Kier alpha value is -5.21. The van der Waals surface area contributed by atoms with Gasteiger partial charge in [-0.3, -0.25) is 9.59 Å². The Morgan fingerprint density at radius 2 is 1.68 bits per heavy atom. The summed E-state index contributed by atoms with van der Waals surface area (Å²) in [7, 11) is 0. The Kier molecular flexibility index (Phi) is 16.4. The summed E-state index contributed by atoms with van der Waals surface area (Å²) in [5, 5.41) is 91.4. The normalized spacial score (nSPS) is 28.9. The van der Waals surface area contributed by atoms with Crippen molar-refractivity contribution in [1.82, 2.24) is 5.32 Å². The van der Waals surface area contributed by atoms with Gasteiger partial charge in [-0.05, 0) is 103 Å². The molecule has 2 bridgehead atoms. The number of fused-ring (bicyclic) bond motifs is 1. The molecule has 2 saturated heterocycles. The third kappa shape index (κ3) is 10.4. The third-order valence-corrected chi connectivity index (χ3v) is 14.4. The summed E-state index contributed by atoms with van der Waals surface area (Å²) >= 11 is 0. The number of nitrogens with two attached hydrogens (primary N) is 1.